The normalized spacial score (nSPS) is 20.2. The monoisotopic (exact) mass is 631 g/mol. The van der Waals surface area contributed by atoms with Gasteiger partial charge in [-0.05, 0) is 99.0 Å². The Hall–Kier alpha value is -3.92. The SMILES string of the molecule is CC(=O)OC1(CCc2ccc(C3C(CCC(=O)c4ccc(F)cc4)C(=O)N3c3ccc(CCCO)cc3)cc2)COC(C)(C)OC1. The summed E-state index contributed by atoms with van der Waals surface area (Å²) < 4.78 is 30.7. The van der Waals surface area contributed by atoms with Crippen molar-refractivity contribution >= 4 is 23.3 Å². The van der Waals surface area contributed by atoms with Crippen LogP contribution in [0.4, 0.5) is 10.1 Å². The number of anilines is 1. The Labute approximate surface area is 269 Å². The van der Waals surface area contributed by atoms with Crippen molar-refractivity contribution in [1.29, 1.82) is 0 Å². The van der Waals surface area contributed by atoms with Crippen molar-refractivity contribution in [2.24, 2.45) is 5.92 Å². The van der Waals surface area contributed by atoms with E-state index in [-0.39, 0.29) is 49.9 Å². The number of hydrogen-bond donors (Lipinski definition) is 1. The van der Waals surface area contributed by atoms with E-state index >= 15 is 0 Å². The second-order valence-corrected chi connectivity index (χ2v) is 12.7. The van der Waals surface area contributed by atoms with Crippen LogP contribution in [0.5, 0.6) is 0 Å². The molecular formula is C37H42FNO7. The van der Waals surface area contributed by atoms with Crippen molar-refractivity contribution in [3.63, 3.8) is 0 Å². The quantitative estimate of drug-likeness (QED) is 0.137. The Balaban J connectivity index is 1.32. The third kappa shape index (κ3) is 7.89. The molecule has 0 aromatic heterocycles. The van der Waals surface area contributed by atoms with Crippen molar-refractivity contribution in [1.82, 2.24) is 0 Å². The lowest BCUT2D eigenvalue weighted by Crippen LogP contribution is -2.55. The number of carbonyl (C=O) groups is 3. The predicted molar refractivity (Wildman–Crippen MR) is 171 cm³/mol. The Morgan fingerprint density at radius 1 is 0.935 bits per heavy atom. The first-order valence-electron chi connectivity index (χ1n) is 15.9. The maximum atomic E-state index is 13.6. The third-order valence-electron chi connectivity index (χ3n) is 8.82. The fourth-order valence-electron chi connectivity index (χ4n) is 6.18. The number of ether oxygens (including phenoxy) is 3. The average molecular weight is 632 g/mol. The zero-order chi connectivity index (χ0) is 32.9. The van der Waals surface area contributed by atoms with Crippen LogP contribution in [0.2, 0.25) is 0 Å². The predicted octanol–water partition coefficient (Wildman–Crippen LogP) is 6.14. The minimum Gasteiger partial charge on any atom is -0.454 e. The van der Waals surface area contributed by atoms with Gasteiger partial charge in [0, 0.05) is 31.2 Å². The highest BCUT2D eigenvalue weighted by molar-refractivity contribution is 6.04. The number of Topliss-reactive ketones (excluding diaryl/α,β-unsaturated/α-hetero) is 1. The van der Waals surface area contributed by atoms with Crippen LogP contribution in [0, 0.1) is 11.7 Å². The zero-order valence-corrected chi connectivity index (χ0v) is 26.7. The van der Waals surface area contributed by atoms with Gasteiger partial charge >= 0.3 is 5.97 Å². The number of aliphatic hydroxyl groups excluding tert-OH is 1. The lowest BCUT2D eigenvalue weighted by molar-refractivity contribution is -0.305. The highest BCUT2D eigenvalue weighted by Gasteiger charge is 2.48. The van der Waals surface area contributed by atoms with Gasteiger partial charge in [0.25, 0.3) is 0 Å². The van der Waals surface area contributed by atoms with Crippen molar-refractivity contribution in [2.75, 3.05) is 24.7 Å². The molecule has 0 aliphatic carbocycles. The first kappa shape index (κ1) is 33.4. The third-order valence-corrected chi connectivity index (χ3v) is 8.82. The van der Waals surface area contributed by atoms with Crippen LogP contribution < -0.4 is 4.90 Å². The van der Waals surface area contributed by atoms with Gasteiger partial charge in [-0.1, -0.05) is 36.4 Å². The van der Waals surface area contributed by atoms with Crippen molar-refractivity contribution in [2.45, 2.75) is 76.7 Å². The van der Waals surface area contributed by atoms with E-state index in [1.807, 2.05) is 62.4 Å². The summed E-state index contributed by atoms with van der Waals surface area (Å²) in [6, 6.07) is 21.1. The lowest BCUT2D eigenvalue weighted by Gasteiger charge is -2.47. The molecule has 2 heterocycles. The molecule has 2 aliphatic rings. The van der Waals surface area contributed by atoms with Crippen LogP contribution in [0.1, 0.15) is 79.5 Å². The smallest absolute Gasteiger partial charge is 0.303 e. The number of aryl methyl sites for hydroxylation is 2. The topological polar surface area (TPSA) is 102 Å². The summed E-state index contributed by atoms with van der Waals surface area (Å²) in [5.41, 5.74) is 3.39. The molecule has 2 fully saturated rings. The van der Waals surface area contributed by atoms with Gasteiger partial charge in [0.05, 0.1) is 25.2 Å². The van der Waals surface area contributed by atoms with Crippen LogP contribution in [0.15, 0.2) is 72.8 Å². The van der Waals surface area contributed by atoms with Crippen LogP contribution in [-0.2, 0) is 36.6 Å². The number of benzene rings is 3. The van der Waals surface area contributed by atoms with Crippen molar-refractivity contribution in [3.8, 4) is 0 Å². The fourth-order valence-corrected chi connectivity index (χ4v) is 6.18. The molecule has 0 radical (unpaired) electrons. The molecule has 3 aromatic rings. The van der Waals surface area contributed by atoms with Gasteiger partial charge in [0.1, 0.15) is 5.82 Å². The molecule has 1 amide bonds. The van der Waals surface area contributed by atoms with E-state index in [9.17, 15) is 23.9 Å². The number of nitrogens with zero attached hydrogens (tertiary/aromatic N) is 1. The number of esters is 1. The molecule has 0 spiro atoms. The minimum atomic E-state index is -0.872. The van der Waals surface area contributed by atoms with Crippen LogP contribution in [-0.4, -0.2) is 54.0 Å². The van der Waals surface area contributed by atoms with Gasteiger partial charge in [0.2, 0.25) is 5.91 Å². The highest BCUT2D eigenvalue weighted by Crippen LogP contribution is 2.46. The summed E-state index contributed by atoms with van der Waals surface area (Å²) in [7, 11) is 0. The molecule has 0 bridgehead atoms. The molecule has 2 aliphatic heterocycles. The van der Waals surface area contributed by atoms with Gasteiger partial charge < -0.3 is 24.2 Å². The van der Waals surface area contributed by atoms with Crippen LogP contribution in [0.3, 0.4) is 0 Å². The maximum Gasteiger partial charge on any atom is 0.303 e. The Morgan fingerprint density at radius 2 is 1.54 bits per heavy atom. The molecule has 5 rings (SSSR count). The van der Waals surface area contributed by atoms with E-state index in [2.05, 4.69) is 0 Å². The molecule has 46 heavy (non-hydrogen) atoms. The number of halogens is 1. The van der Waals surface area contributed by atoms with Crippen LogP contribution >= 0.6 is 0 Å². The van der Waals surface area contributed by atoms with Crippen LogP contribution in [0.25, 0.3) is 0 Å². The average Bonchev–Trinajstić information content (AvgIpc) is 3.04. The Morgan fingerprint density at radius 3 is 2.15 bits per heavy atom. The summed E-state index contributed by atoms with van der Waals surface area (Å²) in [5, 5.41) is 9.18. The molecule has 2 saturated heterocycles. The lowest BCUT2D eigenvalue weighted by atomic mass is 9.78. The molecule has 1 N–H and O–H groups in total. The molecule has 3 aromatic carbocycles. The van der Waals surface area contributed by atoms with Gasteiger partial charge in [-0.15, -0.1) is 0 Å². The van der Waals surface area contributed by atoms with E-state index in [1.165, 1.54) is 31.2 Å². The largest absolute Gasteiger partial charge is 0.454 e. The minimum absolute atomic E-state index is 0.0485. The molecule has 2 atom stereocenters. The number of ketones is 1. The Bertz CT molecular complexity index is 1510. The van der Waals surface area contributed by atoms with Gasteiger partial charge in [-0.2, -0.15) is 0 Å². The summed E-state index contributed by atoms with van der Waals surface area (Å²) in [6.45, 7) is 5.65. The standard InChI is InChI=1S/C37H42FNO7/c1-25(41)46-37(23-44-36(2,3)45-24-37)21-20-27-6-10-29(11-7-27)34-32(18-19-33(42)28-12-14-30(38)15-13-28)35(43)39(34)31-16-8-26(9-17-31)5-4-22-40/h6-17,32,34,40H,4-5,18-24H2,1-3H3. The van der Waals surface area contributed by atoms with E-state index < -0.39 is 23.1 Å². The summed E-state index contributed by atoms with van der Waals surface area (Å²) in [5.74, 6) is -2.10. The maximum absolute atomic E-state index is 13.6. The highest BCUT2D eigenvalue weighted by atomic mass is 19.1. The van der Waals surface area contributed by atoms with Crippen molar-refractivity contribution in [3.05, 3.63) is 101 Å². The number of rotatable bonds is 13. The second kappa shape index (κ2) is 14.2. The Kier molecular flexibility index (Phi) is 10.4. The summed E-state index contributed by atoms with van der Waals surface area (Å²) in [4.78, 5) is 40.1. The molecule has 8 nitrogen and oxygen atoms in total. The van der Waals surface area contributed by atoms with Crippen molar-refractivity contribution < 1.29 is 38.1 Å². The molecule has 244 valence electrons. The van der Waals surface area contributed by atoms with Gasteiger partial charge in [0.15, 0.2) is 17.2 Å². The van der Waals surface area contributed by atoms with Gasteiger partial charge in [-0.25, -0.2) is 4.39 Å². The molecule has 2 unspecified atom stereocenters. The van der Waals surface area contributed by atoms with E-state index in [1.54, 1.807) is 4.90 Å². The van der Waals surface area contributed by atoms with E-state index in [0.29, 0.717) is 31.2 Å². The number of β-lactam (4-membered cyclic amide) rings is 1. The van der Waals surface area contributed by atoms with E-state index in [0.717, 1.165) is 28.8 Å². The second-order valence-electron chi connectivity index (χ2n) is 12.7. The van der Waals surface area contributed by atoms with Gasteiger partial charge in [-0.3, -0.25) is 14.4 Å². The molecule has 0 saturated carbocycles. The fraction of sp³-hybridized carbons (Fsp3) is 0.432. The summed E-state index contributed by atoms with van der Waals surface area (Å²) >= 11 is 0. The summed E-state index contributed by atoms with van der Waals surface area (Å²) in [6.07, 6.45) is 3.10. The first-order valence-corrected chi connectivity index (χ1v) is 15.9. The number of amides is 1. The van der Waals surface area contributed by atoms with E-state index in [4.69, 9.17) is 14.2 Å². The molecular weight excluding hydrogens is 589 g/mol. The number of carbonyl (C=O) groups excluding carboxylic acids is 3. The first-order chi connectivity index (χ1) is 22.0. The molecule has 9 heteroatoms. The zero-order valence-electron chi connectivity index (χ0n) is 26.7. The number of hydrogen-bond acceptors (Lipinski definition) is 7. The number of aliphatic hydroxyl groups is 1.